The van der Waals surface area contributed by atoms with Crippen LogP contribution in [0.5, 0.6) is 5.75 Å². The molecule has 0 radical (unpaired) electrons. The van der Waals surface area contributed by atoms with Crippen LogP contribution in [0.3, 0.4) is 0 Å². The minimum Gasteiger partial charge on any atom is -0.496 e. The lowest BCUT2D eigenvalue weighted by atomic mass is 10.1. The summed E-state index contributed by atoms with van der Waals surface area (Å²) >= 11 is 3.43. The summed E-state index contributed by atoms with van der Waals surface area (Å²) in [6, 6.07) is 8.95. The van der Waals surface area contributed by atoms with Crippen molar-refractivity contribution < 1.29 is 9.53 Å². The molecule has 2 aromatic carbocycles. The number of methoxy groups -OCH3 is 1. The molecule has 0 aliphatic rings. The molecule has 2 aromatic rings. The van der Waals surface area contributed by atoms with E-state index in [9.17, 15) is 4.79 Å². The van der Waals surface area contributed by atoms with Gasteiger partial charge in [0.05, 0.1) is 12.8 Å². The molecule has 5 heteroatoms. The molecule has 0 heterocycles. The summed E-state index contributed by atoms with van der Waals surface area (Å²) < 4.78 is 6.03. The number of benzene rings is 2. The van der Waals surface area contributed by atoms with Gasteiger partial charge in [-0.3, -0.25) is 4.79 Å². The first-order chi connectivity index (χ1) is 9.92. The van der Waals surface area contributed by atoms with Crippen molar-refractivity contribution in [2.45, 2.75) is 13.8 Å². The number of amides is 1. The molecule has 0 atom stereocenters. The number of carbonyl (C=O) groups excluding carboxylic acids is 1. The van der Waals surface area contributed by atoms with Crippen molar-refractivity contribution in [1.82, 2.24) is 0 Å². The van der Waals surface area contributed by atoms with E-state index >= 15 is 0 Å². The molecule has 0 aliphatic carbocycles. The van der Waals surface area contributed by atoms with Crippen LogP contribution in [0, 0.1) is 13.8 Å². The second-order valence-corrected chi connectivity index (χ2v) is 5.68. The van der Waals surface area contributed by atoms with E-state index in [1.54, 1.807) is 25.3 Å². The van der Waals surface area contributed by atoms with Gasteiger partial charge in [-0.05, 0) is 65.2 Å². The van der Waals surface area contributed by atoms with Crippen LogP contribution in [0.25, 0.3) is 0 Å². The Labute approximate surface area is 132 Å². The van der Waals surface area contributed by atoms with Gasteiger partial charge in [0.2, 0.25) is 0 Å². The Hall–Kier alpha value is -2.01. The second-order valence-electron chi connectivity index (χ2n) is 4.83. The van der Waals surface area contributed by atoms with Crippen molar-refractivity contribution in [1.29, 1.82) is 0 Å². The van der Waals surface area contributed by atoms with Crippen LogP contribution in [-0.2, 0) is 0 Å². The molecule has 3 N–H and O–H groups in total. The van der Waals surface area contributed by atoms with Gasteiger partial charge in [0.15, 0.2) is 0 Å². The number of halogens is 1. The fourth-order valence-electron chi connectivity index (χ4n) is 1.94. The summed E-state index contributed by atoms with van der Waals surface area (Å²) in [4.78, 5) is 12.3. The molecule has 0 bridgehead atoms. The van der Waals surface area contributed by atoms with Crippen molar-refractivity contribution in [2.24, 2.45) is 0 Å². The van der Waals surface area contributed by atoms with E-state index in [1.165, 1.54) is 0 Å². The van der Waals surface area contributed by atoms with Gasteiger partial charge in [-0.2, -0.15) is 0 Å². The van der Waals surface area contributed by atoms with E-state index in [-0.39, 0.29) is 5.91 Å². The zero-order valence-corrected chi connectivity index (χ0v) is 13.7. The van der Waals surface area contributed by atoms with Crippen molar-refractivity contribution in [3.05, 3.63) is 51.5 Å². The first-order valence-corrected chi connectivity index (χ1v) is 7.23. The molecule has 0 unspecified atom stereocenters. The lowest BCUT2D eigenvalue weighted by Gasteiger charge is -2.11. The minimum atomic E-state index is -0.211. The minimum absolute atomic E-state index is 0.211. The maximum atomic E-state index is 12.3. The smallest absolute Gasteiger partial charge is 0.255 e. The number of carbonyl (C=O) groups is 1. The van der Waals surface area contributed by atoms with Gasteiger partial charge in [0.25, 0.3) is 5.91 Å². The highest BCUT2D eigenvalue weighted by molar-refractivity contribution is 9.10. The highest BCUT2D eigenvalue weighted by atomic mass is 79.9. The lowest BCUT2D eigenvalue weighted by Crippen LogP contribution is -2.13. The van der Waals surface area contributed by atoms with Crippen molar-refractivity contribution in [3.8, 4) is 5.75 Å². The number of hydrogen-bond acceptors (Lipinski definition) is 3. The normalized spacial score (nSPS) is 10.3. The first-order valence-electron chi connectivity index (χ1n) is 6.44. The van der Waals surface area contributed by atoms with E-state index in [0.29, 0.717) is 22.7 Å². The number of nitrogen functional groups attached to an aromatic ring is 1. The SMILES string of the molecule is COc1cc(C(=O)Nc2cc(N)c(C)cc2Br)ccc1C. The number of nitrogens with one attached hydrogen (secondary N) is 1. The largest absolute Gasteiger partial charge is 0.496 e. The van der Waals surface area contributed by atoms with Gasteiger partial charge < -0.3 is 15.8 Å². The number of nitrogens with two attached hydrogens (primary N) is 1. The molecule has 1 amide bonds. The van der Waals surface area contributed by atoms with E-state index in [4.69, 9.17) is 10.5 Å². The van der Waals surface area contributed by atoms with Crippen LogP contribution in [0.1, 0.15) is 21.5 Å². The van der Waals surface area contributed by atoms with E-state index in [1.807, 2.05) is 26.0 Å². The van der Waals surface area contributed by atoms with Gasteiger partial charge in [0, 0.05) is 15.7 Å². The van der Waals surface area contributed by atoms with Crippen molar-refractivity contribution in [3.63, 3.8) is 0 Å². The third-order valence-electron chi connectivity index (χ3n) is 3.27. The molecule has 4 nitrogen and oxygen atoms in total. The van der Waals surface area contributed by atoms with E-state index < -0.39 is 0 Å². The molecule has 110 valence electrons. The quantitative estimate of drug-likeness (QED) is 0.826. The second kappa shape index (κ2) is 6.18. The lowest BCUT2D eigenvalue weighted by molar-refractivity contribution is 0.102. The third-order valence-corrected chi connectivity index (χ3v) is 3.93. The van der Waals surface area contributed by atoms with Crippen molar-refractivity contribution in [2.75, 3.05) is 18.2 Å². The molecule has 0 saturated heterocycles. The average molecular weight is 349 g/mol. The van der Waals surface area contributed by atoms with Gasteiger partial charge >= 0.3 is 0 Å². The topological polar surface area (TPSA) is 64.3 Å². The zero-order valence-electron chi connectivity index (χ0n) is 12.2. The predicted octanol–water partition coefficient (Wildman–Crippen LogP) is 3.91. The third kappa shape index (κ3) is 3.36. The Bertz CT molecular complexity index is 699. The highest BCUT2D eigenvalue weighted by Gasteiger charge is 2.11. The summed E-state index contributed by atoms with van der Waals surface area (Å²) in [6.07, 6.45) is 0. The summed E-state index contributed by atoms with van der Waals surface area (Å²) in [5.74, 6) is 0.474. The fourth-order valence-corrected chi connectivity index (χ4v) is 2.50. The van der Waals surface area contributed by atoms with Crippen LogP contribution in [0.15, 0.2) is 34.8 Å². The summed E-state index contributed by atoms with van der Waals surface area (Å²) in [6.45, 7) is 3.84. The van der Waals surface area contributed by atoms with Gasteiger partial charge in [0.1, 0.15) is 5.75 Å². The van der Waals surface area contributed by atoms with E-state index in [0.717, 1.165) is 15.6 Å². The monoisotopic (exact) mass is 348 g/mol. The average Bonchev–Trinajstić information content (AvgIpc) is 2.45. The van der Waals surface area contributed by atoms with Crippen molar-refractivity contribution >= 4 is 33.2 Å². The zero-order chi connectivity index (χ0) is 15.6. The Morgan fingerprint density at radius 3 is 2.57 bits per heavy atom. The van der Waals surface area contributed by atoms with Crippen LogP contribution in [0.2, 0.25) is 0 Å². The fraction of sp³-hybridized carbons (Fsp3) is 0.188. The number of hydrogen-bond donors (Lipinski definition) is 2. The van der Waals surface area contributed by atoms with E-state index in [2.05, 4.69) is 21.2 Å². The molecule has 21 heavy (non-hydrogen) atoms. The Morgan fingerprint density at radius 2 is 1.90 bits per heavy atom. The molecule has 2 rings (SSSR count). The highest BCUT2D eigenvalue weighted by Crippen LogP contribution is 2.28. The Kier molecular flexibility index (Phi) is 4.53. The van der Waals surface area contributed by atoms with Crippen LogP contribution < -0.4 is 15.8 Å². The predicted molar refractivity (Wildman–Crippen MR) is 89.0 cm³/mol. The number of aryl methyl sites for hydroxylation is 2. The molecule has 0 saturated carbocycles. The summed E-state index contributed by atoms with van der Waals surface area (Å²) in [7, 11) is 1.58. The Morgan fingerprint density at radius 1 is 1.19 bits per heavy atom. The Balaban J connectivity index is 2.28. The first kappa shape index (κ1) is 15.4. The van der Waals surface area contributed by atoms with Gasteiger partial charge in [-0.1, -0.05) is 6.07 Å². The maximum Gasteiger partial charge on any atom is 0.255 e. The molecule has 0 aliphatic heterocycles. The standard InChI is InChI=1S/C16H17BrN2O2/c1-9-4-5-11(7-15(9)21-3)16(20)19-14-8-13(18)10(2)6-12(14)17/h4-8H,18H2,1-3H3,(H,19,20). The number of rotatable bonds is 3. The molecule has 0 fully saturated rings. The molecular formula is C16H17BrN2O2. The molecular weight excluding hydrogens is 332 g/mol. The van der Waals surface area contributed by atoms with Crippen LogP contribution in [-0.4, -0.2) is 13.0 Å². The van der Waals surface area contributed by atoms with Gasteiger partial charge in [-0.15, -0.1) is 0 Å². The molecule has 0 spiro atoms. The maximum absolute atomic E-state index is 12.3. The number of ether oxygens (including phenoxy) is 1. The number of anilines is 2. The molecule has 0 aromatic heterocycles. The summed E-state index contributed by atoms with van der Waals surface area (Å²) in [5, 5.41) is 2.84. The van der Waals surface area contributed by atoms with Gasteiger partial charge in [-0.25, -0.2) is 0 Å². The van der Waals surface area contributed by atoms with Crippen LogP contribution in [0.4, 0.5) is 11.4 Å². The summed E-state index contributed by atoms with van der Waals surface area (Å²) in [5.41, 5.74) is 9.62. The van der Waals surface area contributed by atoms with Crippen LogP contribution >= 0.6 is 15.9 Å².